The van der Waals surface area contributed by atoms with Crippen LogP contribution in [0, 0.1) is 0 Å². The highest BCUT2D eigenvalue weighted by atomic mass is 32.2. The van der Waals surface area contributed by atoms with Crippen molar-refractivity contribution < 1.29 is 31.2 Å². The number of rotatable bonds is 5. The molecule has 31 heavy (non-hydrogen) atoms. The van der Waals surface area contributed by atoms with Crippen LogP contribution in [-0.4, -0.2) is 32.8 Å². The Kier molecular flexibility index (Phi) is 6.54. The van der Waals surface area contributed by atoms with Gasteiger partial charge in [-0.1, -0.05) is 6.07 Å². The lowest BCUT2D eigenvalue weighted by Crippen LogP contribution is -2.45. The lowest BCUT2D eigenvalue weighted by Gasteiger charge is -2.15. The smallest absolute Gasteiger partial charge is 0.354 e. The molecule has 1 fully saturated rings. The molecule has 1 atom stereocenters. The van der Waals surface area contributed by atoms with Crippen LogP contribution >= 0.6 is 0 Å². The summed E-state index contributed by atoms with van der Waals surface area (Å²) in [6.45, 7) is 0.552. The van der Waals surface area contributed by atoms with E-state index in [9.17, 15) is 31.2 Å². The minimum absolute atomic E-state index is 0.148. The second-order valence-corrected chi connectivity index (χ2v) is 8.70. The maximum atomic E-state index is 12.8. The molecule has 0 bridgehead atoms. The Morgan fingerprint density at radius 3 is 2.45 bits per heavy atom. The minimum atomic E-state index is -4.61. The Labute approximate surface area is 177 Å². The second kappa shape index (κ2) is 8.96. The normalized spacial score (nSPS) is 17.4. The van der Waals surface area contributed by atoms with Crippen molar-refractivity contribution in [3.05, 3.63) is 59.7 Å². The van der Waals surface area contributed by atoms with Crippen LogP contribution in [0.3, 0.4) is 0 Å². The number of carbonyl (C=O) groups is 2. The van der Waals surface area contributed by atoms with E-state index in [0.717, 1.165) is 37.1 Å². The summed E-state index contributed by atoms with van der Waals surface area (Å²) in [7, 11) is -4.17. The molecule has 3 N–H and O–H groups in total. The van der Waals surface area contributed by atoms with E-state index in [2.05, 4.69) is 15.4 Å². The van der Waals surface area contributed by atoms with Gasteiger partial charge in [0, 0.05) is 17.8 Å². The zero-order valence-corrected chi connectivity index (χ0v) is 17.0. The molecule has 1 unspecified atom stereocenters. The number of hydrogen-bond acceptors (Lipinski definition) is 4. The van der Waals surface area contributed by atoms with Gasteiger partial charge in [-0.25, -0.2) is 8.42 Å². The van der Waals surface area contributed by atoms with E-state index in [4.69, 9.17) is 0 Å². The molecule has 11 heteroatoms. The van der Waals surface area contributed by atoms with E-state index < -0.39 is 33.7 Å². The zero-order valence-electron chi connectivity index (χ0n) is 16.2. The Hall–Kier alpha value is -3.08. The van der Waals surface area contributed by atoms with Crippen molar-refractivity contribution in [2.45, 2.75) is 36.4 Å². The van der Waals surface area contributed by atoms with Crippen molar-refractivity contribution in [1.82, 2.24) is 10.6 Å². The minimum Gasteiger partial charge on any atom is -0.354 e. The number of hydrogen-bond donors (Lipinski definition) is 3. The van der Waals surface area contributed by atoms with Gasteiger partial charge in [-0.15, -0.1) is 0 Å². The van der Waals surface area contributed by atoms with Crippen LogP contribution in [0.15, 0.2) is 53.4 Å². The summed E-state index contributed by atoms with van der Waals surface area (Å²) in [5.41, 5.74) is -1.08. The van der Waals surface area contributed by atoms with Crippen molar-refractivity contribution in [1.29, 1.82) is 0 Å². The number of nitrogens with one attached hydrogen (secondary N) is 3. The van der Waals surface area contributed by atoms with E-state index in [0.29, 0.717) is 19.0 Å². The van der Waals surface area contributed by atoms with Crippen molar-refractivity contribution in [3.63, 3.8) is 0 Å². The lowest BCUT2D eigenvalue weighted by molar-refractivity contribution is -0.137. The van der Waals surface area contributed by atoms with Crippen molar-refractivity contribution in [2.24, 2.45) is 0 Å². The number of anilines is 1. The molecule has 2 amide bonds. The van der Waals surface area contributed by atoms with Gasteiger partial charge in [0.1, 0.15) is 6.04 Å². The fourth-order valence-electron chi connectivity index (χ4n) is 3.08. The highest BCUT2D eigenvalue weighted by Gasteiger charge is 2.31. The maximum absolute atomic E-state index is 12.8. The molecule has 2 aromatic carbocycles. The number of sulfonamides is 1. The third-order valence-electron chi connectivity index (χ3n) is 4.71. The van der Waals surface area contributed by atoms with Crippen LogP contribution in [0.25, 0.3) is 0 Å². The number of amides is 2. The molecule has 0 spiro atoms. The van der Waals surface area contributed by atoms with Gasteiger partial charge in [0.15, 0.2) is 0 Å². The topological polar surface area (TPSA) is 104 Å². The Morgan fingerprint density at radius 1 is 1.06 bits per heavy atom. The SMILES string of the molecule is O=C(NC1CCCCNC1=O)c1ccc(S(=O)(=O)Nc2cccc(C(F)(F)F)c2)cc1. The van der Waals surface area contributed by atoms with Crippen LogP contribution in [0.5, 0.6) is 0 Å². The van der Waals surface area contributed by atoms with Gasteiger partial charge in [0.25, 0.3) is 15.9 Å². The van der Waals surface area contributed by atoms with Gasteiger partial charge in [0.2, 0.25) is 5.91 Å². The molecule has 0 aliphatic carbocycles. The van der Waals surface area contributed by atoms with E-state index in [1.54, 1.807) is 0 Å². The lowest BCUT2D eigenvalue weighted by atomic mass is 10.1. The molecular formula is C20H20F3N3O4S. The van der Waals surface area contributed by atoms with E-state index in [1.807, 2.05) is 0 Å². The Morgan fingerprint density at radius 2 is 1.77 bits per heavy atom. The molecule has 166 valence electrons. The first-order chi connectivity index (χ1) is 14.6. The molecule has 1 saturated heterocycles. The number of alkyl halides is 3. The summed E-state index contributed by atoms with van der Waals surface area (Å²) in [5, 5.41) is 5.33. The number of carbonyl (C=O) groups excluding carboxylic acids is 2. The number of halogens is 3. The van der Waals surface area contributed by atoms with Gasteiger partial charge < -0.3 is 10.6 Å². The van der Waals surface area contributed by atoms with Crippen LogP contribution < -0.4 is 15.4 Å². The van der Waals surface area contributed by atoms with Crippen LogP contribution in [0.1, 0.15) is 35.2 Å². The molecule has 1 aliphatic rings. The first-order valence-electron chi connectivity index (χ1n) is 9.45. The molecule has 0 aromatic heterocycles. The Balaban J connectivity index is 1.71. The standard InChI is InChI=1S/C20H20F3N3O4S/c21-20(22,23)14-4-3-5-15(12-14)26-31(29,30)16-9-7-13(8-10-16)18(27)25-17-6-1-2-11-24-19(17)28/h3-5,7-10,12,17,26H,1-2,6,11H2,(H,24,28)(H,25,27). The molecule has 7 nitrogen and oxygen atoms in total. The largest absolute Gasteiger partial charge is 0.416 e. The summed E-state index contributed by atoms with van der Waals surface area (Å²) in [6.07, 6.45) is -2.50. The van der Waals surface area contributed by atoms with Crippen LogP contribution in [0.4, 0.5) is 18.9 Å². The second-order valence-electron chi connectivity index (χ2n) is 7.02. The summed E-state index contributed by atoms with van der Waals surface area (Å²) in [5.74, 6) is -0.799. The number of benzene rings is 2. The zero-order chi connectivity index (χ0) is 22.6. The van der Waals surface area contributed by atoms with Crippen LogP contribution in [0.2, 0.25) is 0 Å². The average molecular weight is 455 g/mol. The predicted octanol–water partition coefficient (Wildman–Crippen LogP) is 2.90. The third kappa shape index (κ3) is 5.75. The van der Waals surface area contributed by atoms with Gasteiger partial charge in [-0.2, -0.15) is 13.2 Å². The van der Waals surface area contributed by atoms with Crippen molar-refractivity contribution in [2.75, 3.05) is 11.3 Å². The van der Waals surface area contributed by atoms with Gasteiger partial charge in [-0.05, 0) is 61.7 Å². The fourth-order valence-corrected chi connectivity index (χ4v) is 4.13. The molecule has 0 saturated carbocycles. The molecule has 1 aliphatic heterocycles. The van der Waals surface area contributed by atoms with E-state index in [1.165, 1.54) is 18.2 Å². The Bertz CT molecular complexity index is 1070. The van der Waals surface area contributed by atoms with Gasteiger partial charge >= 0.3 is 6.18 Å². The van der Waals surface area contributed by atoms with Gasteiger partial charge in [-0.3, -0.25) is 14.3 Å². The highest BCUT2D eigenvalue weighted by molar-refractivity contribution is 7.92. The van der Waals surface area contributed by atoms with E-state index >= 15 is 0 Å². The molecule has 1 heterocycles. The third-order valence-corrected chi connectivity index (χ3v) is 6.11. The van der Waals surface area contributed by atoms with Crippen LogP contribution in [-0.2, 0) is 21.0 Å². The van der Waals surface area contributed by atoms with Gasteiger partial charge in [0.05, 0.1) is 10.5 Å². The quantitative estimate of drug-likeness (QED) is 0.645. The average Bonchev–Trinajstić information content (AvgIpc) is 2.91. The first-order valence-corrected chi connectivity index (χ1v) is 10.9. The molecule has 2 aromatic rings. The summed E-state index contributed by atoms with van der Waals surface area (Å²) in [4.78, 5) is 24.1. The molecular weight excluding hydrogens is 435 g/mol. The first kappa shape index (κ1) is 22.6. The summed E-state index contributed by atoms with van der Waals surface area (Å²) < 4.78 is 65.5. The summed E-state index contributed by atoms with van der Waals surface area (Å²) >= 11 is 0. The van der Waals surface area contributed by atoms with E-state index in [-0.39, 0.29) is 22.1 Å². The predicted molar refractivity (Wildman–Crippen MR) is 107 cm³/mol. The van der Waals surface area contributed by atoms with Crippen molar-refractivity contribution >= 4 is 27.5 Å². The molecule has 0 radical (unpaired) electrons. The summed E-state index contributed by atoms with van der Waals surface area (Å²) in [6, 6.07) is 8.02. The van der Waals surface area contributed by atoms with Crippen molar-refractivity contribution in [3.8, 4) is 0 Å². The molecule has 3 rings (SSSR count). The highest BCUT2D eigenvalue weighted by Crippen LogP contribution is 2.31. The maximum Gasteiger partial charge on any atom is 0.416 e. The monoisotopic (exact) mass is 455 g/mol. The fraction of sp³-hybridized carbons (Fsp3) is 0.300.